The molecule has 1 saturated heterocycles. The lowest BCUT2D eigenvalue weighted by Gasteiger charge is -2.23. The fourth-order valence-electron chi connectivity index (χ4n) is 3.52. The molecule has 2 aromatic carbocycles. The van der Waals surface area contributed by atoms with Crippen LogP contribution in [0.5, 0.6) is 0 Å². The third-order valence-corrected chi connectivity index (χ3v) is 5.10. The van der Waals surface area contributed by atoms with Crippen LogP contribution in [0.25, 0.3) is 0 Å². The Labute approximate surface area is 185 Å². The van der Waals surface area contributed by atoms with Crippen LogP contribution in [0.4, 0.5) is 18.0 Å². The second kappa shape index (κ2) is 11.0. The number of halogens is 4. The van der Waals surface area contributed by atoms with Crippen LogP contribution in [0.1, 0.15) is 28.7 Å². The maximum atomic E-state index is 13.3. The van der Waals surface area contributed by atoms with Crippen molar-refractivity contribution in [1.29, 1.82) is 5.26 Å². The Morgan fingerprint density at radius 3 is 2.48 bits per heavy atom. The summed E-state index contributed by atoms with van der Waals surface area (Å²) in [5.41, 5.74) is 0.182. The van der Waals surface area contributed by atoms with E-state index in [1.165, 1.54) is 17.7 Å². The van der Waals surface area contributed by atoms with Crippen LogP contribution in [0, 0.1) is 11.3 Å². The number of alkyl halides is 3. The molecule has 3 rings (SSSR count). The molecule has 9 heteroatoms. The lowest BCUT2D eigenvalue weighted by Crippen LogP contribution is -2.41. The second-order valence-electron chi connectivity index (χ2n) is 7.24. The molecular formula is C22H24ClF3N4O. The van der Waals surface area contributed by atoms with E-state index in [0.717, 1.165) is 25.6 Å². The van der Waals surface area contributed by atoms with E-state index >= 15 is 0 Å². The summed E-state index contributed by atoms with van der Waals surface area (Å²) in [6.07, 6.45) is -3.79. The molecule has 0 bridgehead atoms. The van der Waals surface area contributed by atoms with Crippen molar-refractivity contribution in [3.05, 3.63) is 70.8 Å². The van der Waals surface area contributed by atoms with E-state index in [1.54, 1.807) is 11.0 Å². The van der Waals surface area contributed by atoms with Crippen LogP contribution in [0.2, 0.25) is 0 Å². The van der Waals surface area contributed by atoms with Crippen molar-refractivity contribution in [3.8, 4) is 6.07 Å². The summed E-state index contributed by atoms with van der Waals surface area (Å²) >= 11 is 0. The number of amides is 2. The number of hydrogen-bond acceptors (Lipinski definition) is 3. The number of urea groups is 1. The Hall–Kier alpha value is -2.76. The number of nitriles is 1. The monoisotopic (exact) mass is 452 g/mol. The minimum absolute atomic E-state index is 0. The first-order chi connectivity index (χ1) is 14.4. The van der Waals surface area contributed by atoms with Gasteiger partial charge in [0.1, 0.15) is 0 Å². The summed E-state index contributed by atoms with van der Waals surface area (Å²) in [5.74, 6) is 0. The van der Waals surface area contributed by atoms with Crippen LogP contribution < -0.4 is 5.32 Å². The highest BCUT2D eigenvalue weighted by Gasteiger charge is 2.33. The van der Waals surface area contributed by atoms with Gasteiger partial charge < -0.3 is 10.2 Å². The van der Waals surface area contributed by atoms with Gasteiger partial charge in [0.05, 0.1) is 17.2 Å². The van der Waals surface area contributed by atoms with Gasteiger partial charge >= 0.3 is 12.2 Å². The van der Waals surface area contributed by atoms with Crippen molar-refractivity contribution < 1.29 is 18.0 Å². The first-order valence-corrected chi connectivity index (χ1v) is 9.76. The van der Waals surface area contributed by atoms with E-state index in [4.69, 9.17) is 5.26 Å². The summed E-state index contributed by atoms with van der Waals surface area (Å²) in [6.45, 7) is 3.17. The molecule has 0 unspecified atom stereocenters. The van der Waals surface area contributed by atoms with Crippen molar-refractivity contribution >= 4 is 18.4 Å². The van der Waals surface area contributed by atoms with E-state index in [1.807, 2.05) is 18.2 Å². The fourth-order valence-corrected chi connectivity index (χ4v) is 3.52. The molecular weight excluding hydrogens is 429 g/mol. The van der Waals surface area contributed by atoms with Crippen LogP contribution >= 0.6 is 12.4 Å². The van der Waals surface area contributed by atoms with Gasteiger partial charge in [-0.25, -0.2) is 4.79 Å². The summed E-state index contributed by atoms with van der Waals surface area (Å²) in [5, 5.41) is 11.4. The maximum absolute atomic E-state index is 13.3. The van der Waals surface area contributed by atoms with Gasteiger partial charge in [-0.3, -0.25) is 4.90 Å². The van der Waals surface area contributed by atoms with Crippen LogP contribution in [-0.4, -0.2) is 42.0 Å². The molecule has 0 spiro atoms. The third-order valence-electron chi connectivity index (χ3n) is 5.10. The van der Waals surface area contributed by atoms with E-state index in [2.05, 4.69) is 22.3 Å². The van der Waals surface area contributed by atoms with Crippen LogP contribution in [0.15, 0.2) is 48.5 Å². The summed E-state index contributed by atoms with van der Waals surface area (Å²) < 4.78 is 39.8. The van der Waals surface area contributed by atoms with Gasteiger partial charge in [-0.05, 0) is 29.7 Å². The third kappa shape index (κ3) is 6.88. The first-order valence-electron chi connectivity index (χ1n) is 9.76. The van der Waals surface area contributed by atoms with Gasteiger partial charge in [-0.2, -0.15) is 18.4 Å². The molecule has 0 aromatic heterocycles. The van der Waals surface area contributed by atoms with Gasteiger partial charge in [-0.15, -0.1) is 12.4 Å². The average Bonchev–Trinajstić information content (AvgIpc) is 2.97. The zero-order chi connectivity index (χ0) is 21.6. The first kappa shape index (κ1) is 24.5. The normalized spacial score (nSPS) is 14.8. The number of hydrogen-bond donors (Lipinski definition) is 1. The summed E-state index contributed by atoms with van der Waals surface area (Å²) in [7, 11) is 0. The molecule has 1 aliphatic rings. The largest absolute Gasteiger partial charge is 0.416 e. The number of carbonyl (C=O) groups excluding carboxylic acids is 1. The zero-order valence-electron chi connectivity index (χ0n) is 16.9. The molecule has 1 N–H and O–H groups in total. The minimum Gasteiger partial charge on any atom is -0.334 e. The topological polar surface area (TPSA) is 59.4 Å². The van der Waals surface area contributed by atoms with Gasteiger partial charge in [-0.1, -0.05) is 36.4 Å². The Bertz CT molecular complexity index is 915. The Morgan fingerprint density at radius 1 is 1.06 bits per heavy atom. The molecule has 1 aliphatic heterocycles. The lowest BCUT2D eigenvalue weighted by atomic mass is 10.0. The number of nitrogens with one attached hydrogen (secondary N) is 1. The molecule has 2 aromatic rings. The van der Waals surface area contributed by atoms with Crippen LogP contribution in [0.3, 0.4) is 0 Å². The quantitative estimate of drug-likeness (QED) is 0.747. The van der Waals surface area contributed by atoms with E-state index in [-0.39, 0.29) is 36.1 Å². The molecule has 1 fully saturated rings. The number of carbonyl (C=O) groups is 1. The highest BCUT2D eigenvalue weighted by Crippen LogP contribution is 2.32. The maximum Gasteiger partial charge on any atom is 0.416 e. The Balaban J connectivity index is 0.00000341. The zero-order valence-corrected chi connectivity index (χ0v) is 17.7. The Kier molecular flexibility index (Phi) is 8.72. The molecule has 0 atom stereocenters. The van der Waals surface area contributed by atoms with Gasteiger partial charge in [0.2, 0.25) is 0 Å². The molecule has 166 valence electrons. The lowest BCUT2D eigenvalue weighted by molar-refractivity contribution is -0.138. The highest BCUT2D eigenvalue weighted by atomic mass is 35.5. The molecule has 1 heterocycles. The van der Waals surface area contributed by atoms with Crippen molar-refractivity contribution in [1.82, 2.24) is 15.1 Å². The van der Waals surface area contributed by atoms with E-state index in [0.29, 0.717) is 19.6 Å². The van der Waals surface area contributed by atoms with Gasteiger partial charge in [0, 0.05) is 39.3 Å². The standard InChI is InChI=1S/C22H23F3N4O.ClH/c23-22(24,25)20-13-18(14-26)7-8-19(20)15-27-21(30)29-10-4-9-28(11-12-29)16-17-5-2-1-3-6-17;/h1-3,5-8,13H,4,9-12,15-16H2,(H,27,30);1H. The van der Waals surface area contributed by atoms with E-state index < -0.39 is 11.7 Å². The van der Waals surface area contributed by atoms with Crippen molar-refractivity contribution in [2.24, 2.45) is 0 Å². The molecule has 0 aliphatic carbocycles. The predicted octanol–water partition coefficient (Wildman–Crippen LogP) is 4.42. The number of benzene rings is 2. The van der Waals surface area contributed by atoms with Crippen molar-refractivity contribution in [3.63, 3.8) is 0 Å². The Morgan fingerprint density at radius 2 is 1.81 bits per heavy atom. The van der Waals surface area contributed by atoms with Crippen molar-refractivity contribution in [2.45, 2.75) is 25.7 Å². The van der Waals surface area contributed by atoms with Crippen LogP contribution in [-0.2, 0) is 19.3 Å². The molecule has 0 saturated carbocycles. The number of rotatable bonds is 4. The summed E-state index contributed by atoms with van der Waals surface area (Å²) in [4.78, 5) is 16.4. The predicted molar refractivity (Wildman–Crippen MR) is 114 cm³/mol. The fraction of sp³-hybridized carbons (Fsp3) is 0.364. The van der Waals surface area contributed by atoms with Crippen molar-refractivity contribution in [2.75, 3.05) is 26.2 Å². The smallest absolute Gasteiger partial charge is 0.334 e. The SMILES string of the molecule is Cl.N#Cc1ccc(CNC(=O)N2CCCN(Cc3ccccc3)CC2)c(C(F)(F)F)c1. The molecule has 2 amide bonds. The average molecular weight is 453 g/mol. The molecule has 31 heavy (non-hydrogen) atoms. The molecule has 0 radical (unpaired) electrons. The molecule has 5 nitrogen and oxygen atoms in total. The van der Waals surface area contributed by atoms with Gasteiger partial charge in [0.15, 0.2) is 0 Å². The number of nitrogens with zero attached hydrogens (tertiary/aromatic N) is 3. The highest BCUT2D eigenvalue weighted by molar-refractivity contribution is 5.85. The summed E-state index contributed by atoms with van der Waals surface area (Å²) in [6, 6.07) is 14.8. The minimum atomic E-state index is -4.59. The van der Waals surface area contributed by atoms with Gasteiger partial charge in [0.25, 0.3) is 0 Å². The van der Waals surface area contributed by atoms with E-state index in [9.17, 15) is 18.0 Å². The second-order valence-corrected chi connectivity index (χ2v) is 7.24.